The van der Waals surface area contributed by atoms with E-state index >= 15 is 0 Å². The van der Waals surface area contributed by atoms with Gasteiger partial charge in [-0.2, -0.15) is 5.10 Å². The standard InChI is InChI=1S/C12H15N5O/c1-17-8-15-11(16-17)6-7-14-12(18)9-4-2-3-5-10(9)13/h2-5,8H,6-7,13H2,1H3,(H,14,18). The molecule has 1 amide bonds. The lowest BCUT2D eigenvalue weighted by Gasteiger charge is -2.05. The summed E-state index contributed by atoms with van der Waals surface area (Å²) in [6.07, 6.45) is 2.23. The Bertz CT molecular complexity index is 549. The first-order chi connectivity index (χ1) is 8.66. The number of aryl methyl sites for hydroxylation is 1. The van der Waals surface area contributed by atoms with Crippen LogP contribution in [-0.2, 0) is 13.5 Å². The largest absolute Gasteiger partial charge is 0.398 e. The minimum absolute atomic E-state index is 0.177. The zero-order chi connectivity index (χ0) is 13.0. The molecule has 0 spiro atoms. The molecule has 6 heteroatoms. The van der Waals surface area contributed by atoms with E-state index in [2.05, 4.69) is 15.4 Å². The Morgan fingerprint density at radius 3 is 2.89 bits per heavy atom. The third-order valence-corrected chi connectivity index (χ3v) is 2.49. The summed E-state index contributed by atoms with van der Waals surface area (Å²) >= 11 is 0. The summed E-state index contributed by atoms with van der Waals surface area (Å²) in [6, 6.07) is 6.98. The summed E-state index contributed by atoms with van der Waals surface area (Å²) in [7, 11) is 1.81. The fourth-order valence-electron chi connectivity index (χ4n) is 1.59. The molecule has 0 radical (unpaired) electrons. The summed E-state index contributed by atoms with van der Waals surface area (Å²) in [5.74, 6) is 0.530. The highest BCUT2D eigenvalue weighted by Gasteiger charge is 2.08. The molecule has 94 valence electrons. The molecule has 0 saturated heterocycles. The molecule has 0 saturated carbocycles. The number of anilines is 1. The van der Waals surface area contributed by atoms with E-state index in [1.165, 1.54) is 0 Å². The van der Waals surface area contributed by atoms with E-state index in [0.717, 1.165) is 0 Å². The van der Waals surface area contributed by atoms with Crippen molar-refractivity contribution in [3.05, 3.63) is 42.0 Å². The number of para-hydroxylation sites is 1. The van der Waals surface area contributed by atoms with Crippen LogP contribution < -0.4 is 11.1 Å². The smallest absolute Gasteiger partial charge is 0.253 e. The van der Waals surface area contributed by atoms with E-state index in [1.807, 2.05) is 0 Å². The predicted octanol–water partition coefficient (Wildman–Crippen LogP) is 0.370. The highest BCUT2D eigenvalue weighted by molar-refractivity contribution is 5.99. The zero-order valence-electron chi connectivity index (χ0n) is 10.1. The number of hydrogen-bond donors (Lipinski definition) is 2. The normalized spacial score (nSPS) is 10.3. The van der Waals surface area contributed by atoms with Gasteiger partial charge < -0.3 is 11.1 Å². The number of amides is 1. The SMILES string of the molecule is Cn1cnc(CCNC(=O)c2ccccc2N)n1. The first-order valence-corrected chi connectivity index (χ1v) is 5.64. The van der Waals surface area contributed by atoms with Crippen LogP contribution in [0.1, 0.15) is 16.2 Å². The maximum atomic E-state index is 11.8. The highest BCUT2D eigenvalue weighted by Crippen LogP contribution is 2.09. The van der Waals surface area contributed by atoms with Crippen LogP contribution in [-0.4, -0.2) is 27.2 Å². The van der Waals surface area contributed by atoms with E-state index < -0.39 is 0 Å². The maximum absolute atomic E-state index is 11.8. The fourth-order valence-corrected chi connectivity index (χ4v) is 1.59. The Morgan fingerprint density at radius 1 is 1.44 bits per heavy atom. The van der Waals surface area contributed by atoms with Crippen molar-refractivity contribution in [3.63, 3.8) is 0 Å². The molecule has 0 aliphatic carbocycles. The van der Waals surface area contributed by atoms with Crippen molar-refractivity contribution in [1.82, 2.24) is 20.1 Å². The Labute approximate surface area is 105 Å². The van der Waals surface area contributed by atoms with E-state index in [9.17, 15) is 4.79 Å². The molecule has 0 unspecified atom stereocenters. The lowest BCUT2D eigenvalue weighted by molar-refractivity contribution is 0.0955. The summed E-state index contributed by atoms with van der Waals surface area (Å²) in [6.45, 7) is 0.483. The van der Waals surface area contributed by atoms with Crippen LogP contribution in [0.4, 0.5) is 5.69 Å². The lowest BCUT2D eigenvalue weighted by Crippen LogP contribution is -2.26. The third-order valence-electron chi connectivity index (χ3n) is 2.49. The Hall–Kier alpha value is -2.37. The molecule has 0 aliphatic heterocycles. The first-order valence-electron chi connectivity index (χ1n) is 5.64. The molecule has 0 atom stereocenters. The number of carbonyl (C=O) groups is 1. The molecular formula is C12H15N5O. The molecule has 0 aliphatic rings. The van der Waals surface area contributed by atoms with Gasteiger partial charge in [0.25, 0.3) is 5.91 Å². The minimum Gasteiger partial charge on any atom is -0.398 e. The molecule has 18 heavy (non-hydrogen) atoms. The first kappa shape index (κ1) is 12.1. The second-order valence-electron chi connectivity index (χ2n) is 3.93. The van der Waals surface area contributed by atoms with Crippen LogP contribution in [0.15, 0.2) is 30.6 Å². The number of nitrogens with two attached hydrogens (primary N) is 1. The van der Waals surface area contributed by atoms with Crippen LogP contribution in [0.2, 0.25) is 0 Å². The monoisotopic (exact) mass is 245 g/mol. The summed E-state index contributed by atoms with van der Waals surface area (Å²) < 4.78 is 1.63. The van der Waals surface area contributed by atoms with Gasteiger partial charge in [0, 0.05) is 25.7 Å². The maximum Gasteiger partial charge on any atom is 0.253 e. The van der Waals surface area contributed by atoms with Gasteiger partial charge >= 0.3 is 0 Å². The summed E-state index contributed by atoms with van der Waals surface area (Å²) in [5, 5.41) is 6.92. The van der Waals surface area contributed by atoms with Crippen molar-refractivity contribution >= 4 is 11.6 Å². The predicted molar refractivity (Wildman–Crippen MR) is 67.9 cm³/mol. The van der Waals surface area contributed by atoms with E-state index in [0.29, 0.717) is 30.0 Å². The molecule has 1 aromatic heterocycles. The average Bonchev–Trinajstić information content (AvgIpc) is 2.75. The second kappa shape index (κ2) is 5.31. The molecule has 1 aromatic carbocycles. The van der Waals surface area contributed by atoms with Crippen molar-refractivity contribution in [2.45, 2.75) is 6.42 Å². The van der Waals surface area contributed by atoms with Gasteiger partial charge in [-0.1, -0.05) is 12.1 Å². The highest BCUT2D eigenvalue weighted by atomic mass is 16.1. The van der Waals surface area contributed by atoms with Gasteiger partial charge in [0.2, 0.25) is 0 Å². The number of nitrogens with zero attached hydrogens (tertiary/aromatic N) is 3. The lowest BCUT2D eigenvalue weighted by atomic mass is 10.1. The Kier molecular flexibility index (Phi) is 3.57. The second-order valence-corrected chi connectivity index (χ2v) is 3.93. The Morgan fingerprint density at radius 2 is 2.22 bits per heavy atom. The van der Waals surface area contributed by atoms with Crippen LogP contribution in [0, 0.1) is 0 Å². The molecule has 2 rings (SSSR count). The topological polar surface area (TPSA) is 85.8 Å². The van der Waals surface area contributed by atoms with Crippen molar-refractivity contribution in [2.75, 3.05) is 12.3 Å². The van der Waals surface area contributed by atoms with Gasteiger partial charge in [-0.05, 0) is 12.1 Å². The van der Waals surface area contributed by atoms with Crippen LogP contribution in [0.5, 0.6) is 0 Å². The van der Waals surface area contributed by atoms with Gasteiger partial charge in [-0.3, -0.25) is 9.48 Å². The average molecular weight is 245 g/mol. The Balaban J connectivity index is 1.87. The van der Waals surface area contributed by atoms with Gasteiger partial charge in [0.15, 0.2) is 5.82 Å². The van der Waals surface area contributed by atoms with Crippen molar-refractivity contribution < 1.29 is 4.79 Å². The van der Waals surface area contributed by atoms with E-state index in [4.69, 9.17) is 5.73 Å². The van der Waals surface area contributed by atoms with Crippen LogP contribution in [0.25, 0.3) is 0 Å². The number of rotatable bonds is 4. The van der Waals surface area contributed by atoms with Crippen molar-refractivity contribution in [2.24, 2.45) is 7.05 Å². The number of nitrogen functional groups attached to an aromatic ring is 1. The number of nitrogens with one attached hydrogen (secondary N) is 1. The van der Waals surface area contributed by atoms with Gasteiger partial charge in [-0.25, -0.2) is 4.98 Å². The van der Waals surface area contributed by atoms with E-state index in [-0.39, 0.29) is 5.91 Å². The number of benzene rings is 1. The molecular weight excluding hydrogens is 230 g/mol. The number of carbonyl (C=O) groups excluding carboxylic acids is 1. The van der Waals surface area contributed by atoms with Gasteiger partial charge in [0.1, 0.15) is 6.33 Å². The molecule has 1 heterocycles. The van der Waals surface area contributed by atoms with E-state index in [1.54, 1.807) is 42.3 Å². The minimum atomic E-state index is -0.177. The van der Waals surface area contributed by atoms with Crippen LogP contribution in [0.3, 0.4) is 0 Å². The third kappa shape index (κ3) is 2.85. The number of aromatic nitrogens is 3. The van der Waals surface area contributed by atoms with Crippen LogP contribution >= 0.6 is 0 Å². The molecule has 2 aromatic rings. The fraction of sp³-hybridized carbons (Fsp3) is 0.250. The van der Waals surface area contributed by atoms with Gasteiger partial charge in [-0.15, -0.1) is 0 Å². The zero-order valence-corrected chi connectivity index (χ0v) is 10.1. The van der Waals surface area contributed by atoms with Crippen molar-refractivity contribution in [3.8, 4) is 0 Å². The number of hydrogen-bond acceptors (Lipinski definition) is 4. The molecule has 3 N–H and O–H groups in total. The molecule has 6 nitrogen and oxygen atoms in total. The van der Waals surface area contributed by atoms with Gasteiger partial charge in [0.05, 0.1) is 5.56 Å². The summed E-state index contributed by atoms with van der Waals surface area (Å²) in [5.41, 5.74) is 6.69. The molecule has 0 bridgehead atoms. The molecule has 0 fully saturated rings. The quantitative estimate of drug-likeness (QED) is 0.762. The van der Waals surface area contributed by atoms with Crippen molar-refractivity contribution in [1.29, 1.82) is 0 Å². The summed E-state index contributed by atoms with van der Waals surface area (Å²) in [4.78, 5) is 15.9.